The van der Waals surface area contributed by atoms with E-state index in [4.69, 9.17) is 10.5 Å². The number of carbonyl (C=O) groups is 1. The fourth-order valence-electron chi connectivity index (χ4n) is 13.5. The number of rotatable bonds is 75. The van der Waals surface area contributed by atoms with Crippen molar-refractivity contribution in [2.75, 3.05) is 61.8 Å². The maximum absolute atomic E-state index is 16.7. The molecule has 0 N–H and O–H groups in total. The van der Waals surface area contributed by atoms with Crippen LogP contribution in [0.4, 0.5) is 16.2 Å². The van der Waals surface area contributed by atoms with Crippen LogP contribution in [0.25, 0.3) is 0 Å². The van der Waals surface area contributed by atoms with E-state index in [1.165, 1.54) is 391 Å². The predicted octanol–water partition coefficient (Wildman–Crippen LogP) is 35.1. The third-order valence-corrected chi connectivity index (χ3v) is 31.5. The van der Waals surface area contributed by atoms with Crippen LogP contribution in [0.3, 0.4) is 0 Å². The van der Waals surface area contributed by atoms with Gasteiger partial charge in [0.2, 0.25) is 5.84 Å². The first-order valence-corrected chi connectivity index (χ1v) is 53.8. The first-order valence-electron chi connectivity index (χ1n) is 45.0. The van der Waals surface area contributed by atoms with Crippen LogP contribution >= 0.6 is 106 Å². The Hall–Kier alpha value is -0.450. The van der Waals surface area contributed by atoms with Crippen molar-refractivity contribution in [2.24, 2.45) is 5.10 Å². The van der Waals surface area contributed by atoms with Crippen LogP contribution < -0.4 is 15.4 Å². The van der Waals surface area contributed by atoms with Gasteiger partial charge in [0.1, 0.15) is 0 Å². The molecule has 106 heavy (non-hydrogen) atoms. The van der Waals surface area contributed by atoms with Crippen molar-refractivity contribution in [3.8, 4) is 0 Å². The van der Waals surface area contributed by atoms with Gasteiger partial charge in [-0.1, -0.05) is 351 Å². The number of nitrogens with zero attached hydrogens (tertiary/aromatic N) is 4. The number of hydrogen-bond donors (Lipinski definition) is 0. The molecule has 0 atom stereocenters. The number of amidine groups is 1. The Morgan fingerprint density at radius 2 is 0.406 bits per heavy atom. The molecule has 3 aromatic rings. The Morgan fingerprint density at radius 3 is 0.623 bits per heavy atom. The molecule has 2 amide bonds. The largest absolute Gasteiger partial charge is 0.370 e. The molecule has 14 heteroatoms. The van der Waals surface area contributed by atoms with E-state index in [2.05, 4.69) is 158 Å². The Bertz CT molecular complexity index is 2520. The highest BCUT2D eigenvalue weighted by molar-refractivity contribution is 8.05. The second-order valence-electron chi connectivity index (χ2n) is 30.3. The van der Waals surface area contributed by atoms with E-state index < -0.39 is 0 Å². The molecule has 0 saturated carbocycles. The van der Waals surface area contributed by atoms with Crippen molar-refractivity contribution in [3.05, 3.63) is 42.0 Å². The molecule has 1 aliphatic heterocycles. The summed E-state index contributed by atoms with van der Waals surface area (Å²) >= 11 is 18.7. The Morgan fingerprint density at radius 1 is 0.226 bits per heavy atom. The highest BCUT2D eigenvalue weighted by Gasteiger charge is 2.35. The molecule has 0 saturated heterocycles. The van der Waals surface area contributed by atoms with Gasteiger partial charge in [0.15, 0.2) is 0 Å². The van der Waals surface area contributed by atoms with Crippen molar-refractivity contribution in [3.63, 3.8) is 0 Å². The maximum Gasteiger partial charge on any atom is 0.370 e. The molecule has 1 radical (unpaired) electrons. The van der Waals surface area contributed by atoms with Gasteiger partial charge in [-0.3, -0.25) is 0 Å². The minimum absolute atomic E-state index is 0.178. The molecule has 0 bridgehead atoms. The quantitative estimate of drug-likeness (QED) is 0.0403. The van der Waals surface area contributed by atoms with E-state index in [-0.39, 0.29) is 6.03 Å². The van der Waals surface area contributed by atoms with Gasteiger partial charge in [0, 0.05) is 49.6 Å². The molecular weight excluding hydrogens is 1470 g/mol. The van der Waals surface area contributed by atoms with Crippen LogP contribution in [0, 0.1) is 0 Å². The molecule has 0 spiro atoms. The number of unbranched alkanes of at least 4 members (excludes halogenated alkanes) is 45. The third kappa shape index (κ3) is 44.4. The van der Waals surface area contributed by atoms with Crippen molar-refractivity contribution < 1.29 is 4.79 Å². The lowest BCUT2D eigenvalue weighted by molar-refractivity contribution is 0.249. The lowest BCUT2D eigenvalue weighted by atomic mass is 10.1. The minimum Gasteiger partial charge on any atom is -0.244 e. The summed E-state index contributed by atoms with van der Waals surface area (Å²) < 4.78 is 0. The molecule has 0 aromatic heterocycles. The number of hydrazone groups is 1. The molecule has 3 aromatic carbocycles. The summed E-state index contributed by atoms with van der Waals surface area (Å²) in [5, 5.41) is 9.41. The van der Waals surface area contributed by atoms with Gasteiger partial charge < -0.3 is 0 Å². The molecule has 1 heterocycles. The molecule has 0 fully saturated rings. The van der Waals surface area contributed by atoms with Crippen LogP contribution in [0.1, 0.15) is 415 Å². The lowest BCUT2D eigenvalue weighted by Gasteiger charge is -2.33. The standard InChI is InChI=1S/C92H159N4OS9/c1-10-19-28-37-46-55-64-98-82-73-79(74-83(99-65-56-47-38-29-20-11-2)88(82)104-70-61-52-43-34-25-16-7)91-93-95(80-75-84(100-66-57-48-39-30-21-12-3)89(105-71-62-53-44-35-26-17-8)85(76-80)101-67-58-49-40-31-22-13-4)92(97)96(94-91)81-77-86(102-68-59-50-41-32-23-14-5)90(106-72-63-54-45-36-27-18-9)87(78-81)103-69-60-51-42-33-24-15-6/h73-78H,10-72H2,1-9H3. The van der Waals surface area contributed by atoms with Gasteiger partial charge >= 0.3 is 6.03 Å². The van der Waals surface area contributed by atoms with Crippen LogP contribution in [-0.2, 0) is 0 Å². The van der Waals surface area contributed by atoms with Crippen LogP contribution in [-0.4, -0.2) is 63.6 Å². The maximum atomic E-state index is 16.7. The number of benzene rings is 3. The Balaban J connectivity index is 2.10. The highest BCUT2D eigenvalue weighted by atomic mass is 32.2. The van der Waals surface area contributed by atoms with Gasteiger partial charge in [-0.15, -0.1) is 116 Å². The Labute approximate surface area is 695 Å². The fourth-order valence-corrected chi connectivity index (χ4v) is 24.8. The second-order valence-corrected chi connectivity index (χ2v) is 40.5. The van der Waals surface area contributed by atoms with Crippen LogP contribution in [0.5, 0.6) is 0 Å². The summed E-state index contributed by atoms with van der Waals surface area (Å²) in [6, 6.07) is 14.4. The van der Waals surface area contributed by atoms with Gasteiger partial charge in [-0.05, 0) is 146 Å². The zero-order valence-corrected chi connectivity index (χ0v) is 77.2. The molecule has 607 valence electrons. The zero-order chi connectivity index (χ0) is 75.8. The minimum atomic E-state index is -0.178. The van der Waals surface area contributed by atoms with Crippen molar-refractivity contribution in [1.82, 2.24) is 5.43 Å². The molecule has 1 aliphatic rings. The summed E-state index contributed by atoms with van der Waals surface area (Å²) in [7, 11) is 0. The number of carbonyl (C=O) groups excluding carboxylic acids is 1. The highest BCUT2D eigenvalue weighted by Crippen LogP contribution is 2.48. The van der Waals surface area contributed by atoms with E-state index in [0.29, 0.717) is 5.84 Å². The van der Waals surface area contributed by atoms with Crippen molar-refractivity contribution >= 4 is 129 Å². The van der Waals surface area contributed by atoms with E-state index in [1.54, 1.807) is 0 Å². The summed E-state index contributed by atoms with van der Waals surface area (Å²) in [5.41, 5.74) is 8.52. The second kappa shape index (κ2) is 68.9. The first-order chi connectivity index (χ1) is 52.3. The lowest BCUT2D eigenvalue weighted by Crippen LogP contribution is -2.52. The number of urea groups is 1. The van der Waals surface area contributed by atoms with Gasteiger partial charge in [-0.2, -0.15) is 10.0 Å². The molecular formula is C92H159N4OS9. The summed E-state index contributed by atoms with van der Waals surface area (Å²) in [6.07, 6.45) is 69.8. The third-order valence-electron chi connectivity index (χ3n) is 20.3. The average Bonchev–Trinajstić information content (AvgIpc) is 0.757. The SMILES string of the molecule is CCCCCCCCSc1cc(C2=NN(c3cc(SCCCCCCCC)c(SCCCCCCCC)c(SCCCCCCCC)c3)C(=O)N(c3cc(SCCCCCCCC)c(SCCCCCCCC)c(SCCCCCCCC)c3)[N]2)cc(SCCCCCCCC)c1SCCCCCCCC. The summed E-state index contributed by atoms with van der Waals surface area (Å²) in [4.78, 5) is 29.0. The van der Waals surface area contributed by atoms with Gasteiger partial charge in [0.05, 0.1) is 11.4 Å². The topological polar surface area (TPSA) is 50.0 Å². The monoisotopic (exact) mass is 1620 g/mol. The predicted molar refractivity (Wildman–Crippen MR) is 495 cm³/mol. The summed E-state index contributed by atoms with van der Waals surface area (Å²) in [6.45, 7) is 21.0. The number of amides is 2. The zero-order valence-electron chi connectivity index (χ0n) is 69.9. The molecule has 4 rings (SSSR count). The molecule has 5 nitrogen and oxygen atoms in total. The average molecular weight is 1630 g/mol. The molecule has 0 aliphatic carbocycles. The number of hydrogen-bond acceptors (Lipinski definition) is 11. The first kappa shape index (κ1) is 97.9. The van der Waals surface area contributed by atoms with Crippen molar-refractivity contribution in [2.45, 2.75) is 453 Å². The van der Waals surface area contributed by atoms with E-state index in [0.717, 1.165) is 68.7 Å². The van der Waals surface area contributed by atoms with E-state index in [1.807, 2.05) is 57.1 Å². The fraction of sp³-hybridized carbons (Fsp3) is 0.783. The van der Waals surface area contributed by atoms with E-state index >= 15 is 4.79 Å². The smallest absolute Gasteiger partial charge is 0.244 e. The van der Waals surface area contributed by atoms with Gasteiger partial charge in [0.25, 0.3) is 0 Å². The van der Waals surface area contributed by atoms with E-state index in [9.17, 15) is 0 Å². The van der Waals surface area contributed by atoms with Crippen molar-refractivity contribution in [1.29, 1.82) is 0 Å². The number of thioether (sulfide) groups is 9. The number of anilines is 2. The summed E-state index contributed by atoms with van der Waals surface area (Å²) in [5.74, 6) is 10.5. The van der Waals surface area contributed by atoms with Crippen LogP contribution in [0.2, 0.25) is 0 Å². The van der Waals surface area contributed by atoms with Crippen LogP contribution in [0.15, 0.2) is 85.6 Å². The van der Waals surface area contributed by atoms with Gasteiger partial charge in [-0.25, -0.2) is 4.79 Å². The molecule has 0 unspecified atom stereocenters. The Kier molecular flexibility index (Phi) is 63.7. The normalized spacial score (nSPS) is 12.6.